The van der Waals surface area contributed by atoms with Gasteiger partial charge < -0.3 is 4.90 Å². The van der Waals surface area contributed by atoms with Gasteiger partial charge in [-0.3, -0.25) is 4.79 Å². The van der Waals surface area contributed by atoms with Gasteiger partial charge in [0.2, 0.25) is 5.91 Å². The minimum atomic E-state index is -0.0722. The third-order valence-corrected chi connectivity index (χ3v) is 5.72. The first-order valence-corrected chi connectivity index (χ1v) is 9.77. The monoisotopic (exact) mass is 376 g/mol. The summed E-state index contributed by atoms with van der Waals surface area (Å²) in [5.41, 5.74) is 2.11. The molecule has 2 aromatic heterocycles. The lowest BCUT2D eigenvalue weighted by Crippen LogP contribution is -2.30. The number of amides is 1. The Labute approximate surface area is 154 Å². The van der Waals surface area contributed by atoms with Crippen LogP contribution in [0.5, 0.6) is 0 Å². The van der Waals surface area contributed by atoms with Crippen molar-refractivity contribution in [2.24, 2.45) is 0 Å². The van der Waals surface area contributed by atoms with E-state index in [1.807, 2.05) is 30.5 Å². The third-order valence-electron chi connectivity index (χ3n) is 3.55. The molecular formula is C18H17ClN2OS2. The van der Waals surface area contributed by atoms with Gasteiger partial charge in [-0.05, 0) is 24.6 Å². The van der Waals surface area contributed by atoms with Gasteiger partial charge in [0.1, 0.15) is 5.88 Å². The molecule has 24 heavy (non-hydrogen) atoms. The number of carbonyl (C=O) groups is 1. The molecule has 3 nitrogen and oxygen atoms in total. The van der Waals surface area contributed by atoms with Crippen molar-refractivity contribution in [3.63, 3.8) is 0 Å². The number of thiazole rings is 1. The summed E-state index contributed by atoms with van der Waals surface area (Å²) in [5, 5.41) is 3.00. The number of nitrogens with zero attached hydrogens (tertiary/aromatic N) is 2. The van der Waals surface area contributed by atoms with Crippen LogP contribution in [0.15, 0.2) is 47.8 Å². The summed E-state index contributed by atoms with van der Waals surface area (Å²) in [5.74, 6) is -0.0861. The van der Waals surface area contributed by atoms with Crippen molar-refractivity contribution in [2.75, 3.05) is 5.88 Å². The van der Waals surface area contributed by atoms with Crippen LogP contribution >= 0.6 is 34.3 Å². The van der Waals surface area contributed by atoms with Crippen molar-refractivity contribution in [2.45, 2.75) is 20.0 Å². The lowest BCUT2D eigenvalue weighted by molar-refractivity contribution is -0.129. The van der Waals surface area contributed by atoms with E-state index in [0.29, 0.717) is 13.1 Å². The highest BCUT2D eigenvalue weighted by molar-refractivity contribution is 7.15. The van der Waals surface area contributed by atoms with Crippen LogP contribution in [-0.2, 0) is 17.9 Å². The van der Waals surface area contributed by atoms with Crippen molar-refractivity contribution >= 4 is 40.2 Å². The fraction of sp³-hybridized carbons (Fsp3) is 0.222. The highest BCUT2D eigenvalue weighted by Gasteiger charge is 2.16. The van der Waals surface area contributed by atoms with E-state index in [2.05, 4.69) is 29.2 Å². The molecule has 0 N–H and O–H groups in total. The summed E-state index contributed by atoms with van der Waals surface area (Å²) in [7, 11) is 0. The first kappa shape index (κ1) is 17.1. The number of rotatable bonds is 6. The summed E-state index contributed by atoms with van der Waals surface area (Å²) in [6, 6.07) is 14.4. The molecule has 0 atom stereocenters. The van der Waals surface area contributed by atoms with Gasteiger partial charge in [0.05, 0.1) is 23.8 Å². The summed E-state index contributed by atoms with van der Waals surface area (Å²) < 4.78 is 0. The van der Waals surface area contributed by atoms with E-state index in [4.69, 9.17) is 11.6 Å². The quantitative estimate of drug-likeness (QED) is 0.570. The smallest absolute Gasteiger partial charge is 0.238 e. The summed E-state index contributed by atoms with van der Waals surface area (Å²) in [6.07, 6.45) is 0. The zero-order valence-corrected chi connectivity index (χ0v) is 15.6. The first-order valence-electron chi connectivity index (χ1n) is 7.54. The fourth-order valence-corrected chi connectivity index (χ4v) is 4.20. The highest BCUT2D eigenvalue weighted by Crippen LogP contribution is 2.29. The standard InChI is InChI=1S/C18H17ClN2OS2/c1-13-20-15(12-23-13)10-21(18(22)9-19)11-16-7-8-17(24-16)14-5-3-2-4-6-14/h2-8,12H,9-11H2,1H3. The van der Waals surface area contributed by atoms with E-state index < -0.39 is 0 Å². The average molecular weight is 377 g/mol. The van der Waals surface area contributed by atoms with Gasteiger partial charge in [-0.25, -0.2) is 4.98 Å². The number of hydrogen-bond donors (Lipinski definition) is 0. The van der Waals surface area contributed by atoms with Crippen molar-refractivity contribution in [1.29, 1.82) is 0 Å². The van der Waals surface area contributed by atoms with Gasteiger partial charge >= 0.3 is 0 Å². The van der Waals surface area contributed by atoms with Crippen LogP contribution in [0.2, 0.25) is 0 Å². The molecule has 1 aromatic carbocycles. The molecule has 124 valence electrons. The molecule has 3 rings (SSSR count). The van der Waals surface area contributed by atoms with Gasteiger partial charge in [-0.1, -0.05) is 30.3 Å². The maximum absolute atomic E-state index is 12.2. The van der Waals surface area contributed by atoms with Crippen LogP contribution < -0.4 is 0 Å². The Morgan fingerprint density at radius 3 is 2.62 bits per heavy atom. The van der Waals surface area contributed by atoms with E-state index in [-0.39, 0.29) is 11.8 Å². The lowest BCUT2D eigenvalue weighted by Gasteiger charge is -2.20. The molecule has 0 saturated carbocycles. The van der Waals surface area contributed by atoms with E-state index in [1.54, 1.807) is 27.6 Å². The van der Waals surface area contributed by atoms with Crippen LogP contribution in [0.1, 0.15) is 15.6 Å². The molecule has 0 aliphatic carbocycles. The van der Waals surface area contributed by atoms with Crippen molar-refractivity contribution < 1.29 is 4.79 Å². The molecule has 0 aliphatic rings. The minimum absolute atomic E-state index is 0.0139. The Balaban J connectivity index is 1.75. The molecule has 0 unspecified atom stereocenters. The predicted octanol–water partition coefficient (Wildman–Crippen LogP) is 4.95. The van der Waals surface area contributed by atoms with Gasteiger partial charge in [0.15, 0.2) is 0 Å². The predicted molar refractivity (Wildman–Crippen MR) is 102 cm³/mol. The van der Waals surface area contributed by atoms with Crippen molar-refractivity contribution in [1.82, 2.24) is 9.88 Å². The summed E-state index contributed by atoms with van der Waals surface area (Å²) in [6.45, 7) is 3.02. The van der Waals surface area contributed by atoms with Crippen LogP contribution in [0, 0.1) is 6.92 Å². The largest absolute Gasteiger partial charge is 0.331 e. The van der Waals surface area contributed by atoms with E-state index in [9.17, 15) is 4.79 Å². The van der Waals surface area contributed by atoms with Crippen molar-refractivity contribution in [3.05, 3.63) is 63.4 Å². The fourth-order valence-electron chi connectivity index (χ4n) is 2.40. The molecule has 0 saturated heterocycles. The van der Waals surface area contributed by atoms with Gasteiger partial charge in [0.25, 0.3) is 0 Å². The molecule has 0 radical (unpaired) electrons. The van der Waals surface area contributed by atoms with E-state index in [1.165, 1.54) is 10.4 Å². The zero-order valence-electron chi connectivity index (χ0n) is 13.2. The molecule has 0 bridgehead atoms. The molecule has 0 fully saturated rings. The van der Waals surface area contributed by atoms with Gasteiger partial charge in [-0.2, -0.15) is 0 Å². The molecule has 0 spiro atoms. The molecule has 6 heteroatoms. The van der Waals surface area contributed by atoms with Crippen LogP contribution in [0.4, 0.5) is 0 Å². The Kier molecular flexibility index (Phi) is 5.66. The molecule has 3 aromatic rings. The van der Waals surface area contributed by atoms with E-state index >= 15 is 0 Å². The maximum Gasteiger partial charge on any atom is 0.238 e. The first-order chi connectivity index (χ1) is 11.7. The molecule has 0 aliphatic heterocycles. The number of benzene rings is 1. The second-order valence-electron chi connectivity index (χ2n) is 5.37. The normalized spacial score (nSPS) is 10.8. The SMILES string of the molecule is Cc1nc(CN(Cc2ccc(-c3ccccc3)s2)C(=O)CCl)cs1. The number of alkyl halides is 1. The van der Waals surface area contributed by atoms with Gasteiger partial charge in [0, 0.05) is 15.1 Å². The van der Waals surface area contributed by atoms with Crippen LogP contribution in [0.25, 0.3) is 10.4 Å². The topological polar surface area (TPSA) is 33.2 Å². The number of thiophene rings is 1. The maximum atomic E-state index is 12.2. The number of aryl methyl sites for hydroxylation is 1. The number of hydrogen-bond acceptors (Lipinski definition) is 4. The number of halogens is 1. The lowest BCUT2D eigenvalue weighted by atomic mass is 10.2. The summed E-state index contributed by atoms with van der Waals surface area (Å²) in [4.78, 5) is 20.7. The second kappa shape index (κ2) is 7.92. The molecule has 1 amide bonds. The number of carbonyl (C=O) groups excluding carboxylic acids is 1. The minimum Gasteiger partial charge on any atom is -0.331 e. The van der Waals surface area contributed by atoms with Crippen LogP contribution in [-0.4, -0.2) is 21.7 Å². The van der Waals surface area contributed by atoms with Crippen LogP contribution in [0.3, 0.4) is 0 Å². The Morgan fingerprint density at radius 2 is 1.96 bits per heavy atom. The number of aromatic nitrogens is 1. The Bertz CT molecular complexity index is 813. The Hall–Kier alpha value is -1.69. The average Bonchev–Trinajstić information content (AvgIpc) is 3.23. The third kappa shape index (κ3) is 4.23. The molecule has 2 heterocycles. The Morgan fingerprint density at radius 1 is 1.17 bits per heavy atom. The summed E-state index contributed by atoms with van der Waals surface area (Å²) >= 11 is 9.08. The zero-order chi connectivity index (χ0) is 16.9. The van der Waals surface area contributed by atoms with Gasteiger partial charge in [-0.15, -0.1) is 34.3 Å². The second-order valence-corrected chi connectivity index (χ2v) is 7.87. The van der Waals surface area contributed by atoms with Crippen molar-refractivity contribution in [3.8, 4) is 10.4 Å². The van der Waals surface area contributed by atoms with E-state index in [0.717, 1.165) is 15.6 Å². The molecular weight excluding hydrogens is 360 g/mol. The highest BCUT2D eigenvalue weighted by atomic mass is 35.5.